The average Bonchev–Trinajstić information content (AvgIpc) is 2.13. The van der Waals surface area contributed by atoms with Gasteiger partial charge in [0.25, 0.3) is 5.91 Å². The van der Waals surface area contributed by atoms with E-state index in [0.29, 0.717) is 16.6 Å². The zero-order chi connectivity index (χ0) is 10.1. The SMILES string of the molecule is CC1CN(C(=O)c2ccc(Cl)nc2)C1. The number of aromatic nitrogens is 1. The molecule has 0 aromatic carbocycles. The molecule has 14 heavy (non-hydrogen) atoms. The highest BCUT2D eigenvalue weighted by Gasteiger charge is 2.27. The van der Waals surface area contributed by atoms with Gasteiger partial charge in [-0.05, 0) is 18.1 Å². The van der Waals surface area contributed by atoms with Crippen LogP contribution in [0.25, 0.3) is 0 Å². The number of amides is 1. The fourth-order valence-electron chi connectivity index (χ4n) is 1.55. The number of halogens is 1. The number of hydrogen-bond acceptors (Lipinski definition) is 2. The van der Waals surface area contributed by atoms with Gasteiger partial charge >= 0.3 is 0 Å². The molecule has 1 aromatic heterocycles. The summed E-state index contributed by atoms with van der Waals surface area (Å²) in [5.74, 6) is 0.673. The van der Waals surface area contributed by atoms with Gasteiger partial charge in [0.2, 0.25) is 0 Å². The predicted octanol–water partition coefficient (Wildman–Crippen LogP) is 1.83. The van der Waals surface area contributed by atoms with Crippen LogP contribution in [-0.2, 0) is 0 Å². The van der Waals surface area contributed by atoms with Gasteiger partial charge in [0.1, 0.15) is 5.15 Å². The summed E-state index contributed by atoms with van der Waals surface area (Å²) in [7, 11) is 0. The monoisotopic (exact) mass is 210 g/mol. The molecule has 2 rings (SSSR count). The molecule has 0 aliphatic carbocycles. The van der Waals surface area contributed by atoms with Gasteiger partial charge in [-0.15, -0.1) is 0 Å². The molecule has 1 amide bonds. The minimum Gasteiger partial charge on any atom is -0.338 e. The maximum absolute atomic E-state index is 11.7. The second kappa shape index (κ2) is 3.58. The van der Waals surface area contributed by atoms with Gasteiger partial charge in [-0.2, -0.15) is 0 Å². The Balaban J connectivity index is 2.08. The van der Waals surface area contributed by atoms with E-state index >= 15 is 0 Å². The molecule has 3 nitrogen and oxygen atoms in total. The quantitative estimate of drug-likeness (QED) is 0.663. The number of carbonyl (C=O) groups excluding carboxylic acids is 1. The van der Waals surface area contributed by atoms with E-state index in [1.54, 1.807) is 12.1 Å². The van der Waals surface area contributed by atoms with Crippen molar-refractivity contribution in [3.63, 3.8) is 0 Å². The largest absolute Gasteiger partial charge is 0.338 e. The molecule has 0 saturated carbocycles. The summed E-state index contributed by atoms with van der Waals surface area (Å²) in [5, 5.41) is 0.415. The van der Waals surface area contributed by atoms with Crippen LogP contribution >= 0.6 is 11.6 Å². The first-order chi connectivity index (χ1) is 6.66. The Morgan fingerprint density at radius 2 is 2.29 bits per heavy atom. The van der Waals surface area contributed by atoms with Crippen molar-refractivity contribution in [2.45, 2.75) is 6.92 Å². The smallest absolute Gasteiger partial charge is 0.255 e. The topological polar surface area (TPSA) is 33.2 Å². The van der Waals surface area contributed by atoms with Crippen molar-refractivity contribution in [1.82, 2.24) is 9.88 Å². The van der Waals surface area contributed by atoms with E-state index in [9.17, 15) is 4.79 Å². The van der Waals surface area contributed by atoms with Crippen molar-refractivity contribution >= 4 is 17.5 Å². The molecule has 0 atom stereocenters. The van der Waals surface area contributed by atoms with E-state index < -0.39 is 0 Å². The Kier molecular flexibility index (Phi) is 2.42. The van der Waals surface area contributed by atoms with E-state index in [4.69, 9.17) is 11.6 Å². The molecule has 1 saturated heterocycles. The van der Waals surface area contributed by atoms with Crippen molar-refractivity contribution in [3.8, 4) is 0 Å². The molecule has 1 aliphatic rings. The summed E-state index contributed by atoms with van der Waals surface area (Å²) >= 11 is 5.63. The van der Waals surface area contributed by atoms with Crippen LogP contribution in [0.15, 0.2) is 18.3 Å². The first-order valence-electron chi connectivity index (χ1n) is 4.57. The summed E-state index contributed by atoms with van der Waals surface area (Å²) in [4.78, 5) is 17.4. The Bertz CT molecular complexity index is 344. The molecule has 0 unspecified atom stereocenters. The summed E-state index contributed by atoms with van der Waals surface area (Å²) in [6.07, 6.45) is 1.52. The van der Waals surface area contributed by atoms with Gasteiger partial charge in [-0.25, -0.2) is 4.98 Å². The molecule has 2 heterocycles. The highest BCUT2D eigenvalue weighted by atomic mass is 35.5. The van der Waals surface area contributed by atoms with Crippen molar-refractivity contribution in [3.05, 3.63) is 29.0 Å². The second-order valence-electron chi connectivity index (χ2n) is 3.68. The van der Waals surface area contributed by atoms with Crippen LogP contribution in [0.5, 0.6) is 0 Å². The van der Waals surface area contributed by atoms with Crippen LogP contribution in [0.1, 0.15) is 17.3 Å². The molecule has 0 bridgehead atoms. The Morgan fingerprint density at radius 1 is 1.57 bits per heavy atom. The fourth-order valence-corrected chi connectivity index (χ4v) is 1.66. The van der Waals surface area contributed by atoms with Crippen molar-refractivity contribution in [2.75, 3.05) is 13.1 Å². The third-order valence-electron chi connectivity index (χ3n) is 2.33. The van der Waals surface area contributed by atoms with E-state index in [-0.39, 0.29) is 5.91 Å². The summed E-state index contributed by atoms with van der Waals surface area (Å²) in [6, 6.07) is 3.35. The maximum atomic E-state index is 11.7. The molecule has 1 fully saturated rings. The zero-order valence-electron chi connectivity index (χ0n) is 7.90. The van der Waals surface area contributed by atoms with Gasteiger partial charge in [-0.1, -0.05) is 18.5 Å². The molecule has 74 valence electrons. The maximum Gasteiger partial charge on any atom is 0.255 e. The van der Waals surface area contributed by atoms with Gasteiger partial charge in [0.05, 0.1) is 5.56 Å². The summed E-state index contributed by atoms with van der Waals surface area (Å²) in [5.41, 5.74) is 0.612. The molecular formula is C10H11ClN2O. The highest BCUT2D eigenvalue weighted by Crippen LogP contribution is 2.17. The lowest BCUT2D eigenvalue weighted by atomic mass is 10.0. The minimum absolute atomic E-state index is 0.0484. The van der Waals surface area contributed by atoms with E-state index in [1.807, 2.05) is 4.90 Å². The summed E-state index contributed by atoms with van der Waals surface area (Å²) in [6.45, 7) is 3.83. The first-order valence-corrected chi connectivity index (χ1v) is 4.95. The Morgan fingerprint density at radius 3 is 2.79 bits per heavy atom. The molecule has 0 N–H and O–H groups in total. The second-order valence-corrected chi connectivity index (χ2v) is 4.07. The normalized spacial score (nSPS) is 16.6. The lowest BCUT2D eigenvalue weighted by Gasteiger charge is -2.37. The average molecular weight is 211 g/mol. The number of rotatable bonds is 1. The van der Waals surface area contributed by atoms with Crippen LogP contribution in [0, 0.1) is 5.92 Å². The van der Waals surface area contributed by atoms with Crippen molar-refractivity contribution < 1.29 is 4.79 Å². The molecule has 1 aromatic rings. The van der Waals surface area contributed by atoms with Crippen molar-refractivity contribution in [2.24, 2.45) is 5.92 Å². The number of nitrogens with zero attached hydrogens (tertiary/aromatic N) is 2. The molecule has 0 spiro atoms. The zero-order valence-corrected chi connectivity index (χ0v) is 8.66. The van der Waals surface area contributed by atoms with Crippen LogP contribution in [0.4, 0.5) is 0 Å². The Hall–Kier alpha value is -1.09. The number of carbonyl (C=O) groups is 1. The predicted molar refractivity (Wildman–Crippen MR) is 54.3 cm³/mol. The first kappa shape index (κ1) is 9.46. The van der Waals surface area contributed by atoms with E-state index in [1.165, 1.54) is 6.20 Å². The number of pyridine rings is 1. The third-order valence-corrected chi connectivity index (χ3v) is 2.55. The van der Waals surface area contributed by atoms with Gasteiger partial charge in [0.15, 0.2) is 0 Å². The van der Waals surface area contributed by atoms with Crippen LogP contribution in [-0.4, -0.2) is 28.9 Å². The lowest BCUT2D eigenvalue weighted by Crippen LogP contribution is -2.48. The fraction of sp³-hybridized carbons (Fsp3) is 0.400. The number of likely N-dealkylation sites (tertiary alicyclic amines) is 1. The van der Waals surface area contributed by atoms with Crippen LogP contribution < -0.4 is 0 Å². The molecule has 0 radical (unpaired) electrons. The van der Waals surface area contributed by atoms with Gasteiger partial charge in [-0.3, -0.25) is 4.79 Å². The van der Waals surface area contributed by atoms with E-state index in [2.05, 4.69) is 11.9 Å². The van der Waals surface area contributed by atoms with E-state index in [0.717, 1.165) is 13.1 Å². The number of hydrogen-bond donors (Lipinski definition) is 0. The van der Waals surface area contributed by atoms with Gasteiger partial charge < -0.3 is 4.90 Å². The molecule has 1 aliphatic heterocycles. The third kappa shape index (κ3) is 1.73. The molecular weight excluding hydrogens is 200 g/mol. The Labute approximate surface area is 87.7 Å². The van der Waals surface area contributed by atoms with Crippen LogP contribution in [0.3, 0.4) is 0 Å². The summed E-state index contributed by atoms with van der Waals surface area (Å²) < 4.78 is 0. The van der Waals surface area contributed by atoms with Gasteiger partial charge in [0, 0.05) is 19.3 Å². The minimum atomic E-state index is 0.0484. The standard InChI is InChI=1S/C10H11ClN2O/c1-7-5-13(6-7)10(14)8-2-3-9(11)12-4-8/h2-4,7H,5-6H2,1H3. The van der Waals surface area contributed by atoms with Crippen molar-refractivity contribution in [1.29, 1.82) is 0 Å². The lowest BCUT2D eigenvalue weighted by molar-refractivity contribution is 0.0530. The molecule has 4 heteroatoms. The highest BCUT2D eigenvalue weighted by molar-refractivity contribution is 6.29. The van der Waals surface area contributed by atoms with Crippen LogP contribution in [0.2, 0.25) is 5.15 Å².